The second kappa shape index (κ2) is 11.7. The summed E-state index contributed by atoms with van der Waals surface area (Å²) in [7, 11) is 0. The standard InChI is InChI=1S/C21H26N4O4S2/c1-2-29-17-8-4-3-7-16(17)24-20(28)13-31-21-23-14(11-19(27)25-21)10-18(26)22-12-15-6-5-9-30-15/h3-9,14,21,23H,2,10-13H2,1H3,(H,22,26)(H,24,28)(H,25,27). The summed E-state index contributed by atoms with van der Waals surface area (Å²) in [6.45, 7) is 2.86. The molecule has 3 rings (SSSR count). The van der Waals surface area contributed by atoms with E-state index in [2.05, 4.69) is 21.3 Å². The molecule has 2 unspecified atom stereocenters. The first-order valence-electron chi connectivity index (χ1n) is 10.0. The van der Waals surface area contributed by atoms with E-state index in [0.717, 1.165) is 4.88 Å². The molecule has 0 saturated carbocycles. The number of carbonyl (C=O) groups excluding carboxylic acids is 3. The predicted octanol–water partition coefficient (Wildman–Crippen LogP) is 2.29. The van der Waals surface area contributed by atoms with Gasteiger partial charge in [0.1, 0.15) is 11.2 Å². The fourth-order valence-electron chi connectivity index (χ4n) is 3.06. The minimum absolute atomic E-state index is 0.116. The second-order valence-electron chi connectivity index (χ2n) is 6.86. The molecule has 8 nitrogen and oxygen atoms in total. The Bertz CT molecular complexity index is 891. The molecule has 1 aromatic heterocycles. The van der Waals surface area contributed by atoms with Crippen LogP contribution in [-0.4, -0.2) is 41.6 Å². The lowest BCUT2D eigenvalue weighted by atomic mass is 10.1. The summed E-state index contributed by atoms with van der Waals surface area (Å²) < 4.78 is 5.51. The fraction of sp³-hybridized carbons (Fsp3) is 0.381. The summed E-state index contributed by atoms with van der Waals surface area (Å²) >= 11 is 2.85. The van der Waals surface area contributed by atoms with Gasteiger partial charge in [0, 0.05) is 23.8 Å². The minimum Gasteiger partial charge on any atom is -0.492 e. The molecule has 10 heteroatoms. The Labute approximate surface area is 189 Å². The number of nitrogens with one attached hydrogen (secondary N) is 4. The number of ether oxygens (including phenoxy) is 1. The van der Waals surface area contributed by atoms with Crippen molar-refractivity contribution in [3.63, 3.8) is 0 Å². The molecule has 1 fully saturated rings. The monoisotopic (exact) mass is 462 g/mol. The topological polar surface area (TPSA) is 109 Å². The molecular weight excluding hydrogens is 436 g/mol. The van der Waals surface area contributed by atoms with Crippen LogP contribution in [0.2, 0.25) is 0 Å². The molecule has 0 aliphatic carbocycles. The number of carbonyl (C=O) groups is 3. The average Bonchev–Trinajstić information content (AvgIpc) is 3.26. The lowest BCUT2D eigenvalue weighted by molar-refractivity contribution is -0.125. The third-order valence-corrected chi connectivity index (χ3v) is 6.32. The molecule has 1 aliphatic rings. The van der Waals surface area contributed by atoms with Gasteiger partial charge in [-0.1, -0.05) is 18.2 Å². The van der Waals surface area contributed by atoms with Gasteiger partial charge in [0.05, 0.1) is 24.6 Å². The Hall–Kier alpha value is -2.56. The summed E-state index contributed by atoms with van der Waals surface area (Å²) in [5.74, 6) is 0.282. The zero-order valence-corrected chi connectivity index (χ0v) is 18.8. The molecule has 0 bridgehead atoms. The Morgan fingerprint density at radius 2 is 2.06 bits per heavy atom. The zero-order chi connectivity index (χ0) is 22.1. The Balaban J connectivity index is 1.44. The van der Waals surface area contributed by atoms with E-state index in [4.69, 9.17) is 4.74 Å². The van der Waals surface area contributed by atoms with Gasteiger partial charge in [0.2, 0.25) is 17.7 Å². The number of amides is 3. The summed E-state index contributed by atoms with van der Waals surface area (Å²) in [5.41, 5.74) is 0.167. The van der Waals surface area contributed by atoms with Crippen molar-refractivity contribution in [2.45, 2.75) is 37.8 Å². The molecule has 2 atom stereocenters. The SMILES string of the molecule is CCOc1ccccc1NC(=O)CSC1NC(=O)CC(CC(=O)NCc2cccs2)N1. The highest BCUT2D eigenvalue weighted by molar-refractivity contribution is 8.00. The number of benzene rings is 1. The van der Waals surface area contributed by atoms with Crippen molar-refractivity contribution in [1.82, 2.24) is 16.0 Å². The van der Waals surface area contributed by atoms with Crippen molar-refractivity contribution in [2.24, 2.45) is 0 Å². The fourth-order valence-corrected chi connectivity index (χ4v) is 4.59. The van der Waals surface area contributed by atoms with Crippen molar-refractivity contribution >= 4 is 46.5 Å². The molecule has 166 valence electrons. The van der Waals surface area contributed by atoms with E-state index >= 15 is 0 Å². The maximum atomic E-state index is 12.4. The molecule has 3 amide bonds. The number of hydrogen-bond acceptors (Lipinski definition) is 7. The van der Waals surface area contributed by atoms with Crippen molar-refractivity contribution in [2.75, 3.05) is 17.7 Å². The average molecular weight is 463 g/mol. The summed E-state index contributed by atoms with van der Waals surface area (Å²) in [4.78, 5) is 37.7. The molecular formula is C21H26N4O4S2. The number of hydrogen-bond donors (Lipinski definition) is 4. The van der Waals surface area contributed by atoms with E-state index in [1.165, 1.54) is 11.8 Å². The third kappa shape index (κ3) is 7.57. The van der Waals surface area contributed by atoms with E-state index in [0.29, 0.717) is 24.6 Å². The quantitative estimate of drug-likeness (QED) is 0.431. The summed E-state index contributed by atoms with van der Waals surface area (Å²) in [5, 5.41) is 13.7. The van der Waals surface area contributed by atoms with E-state index in [-0.39, 0.29) is 42.4 Å². The normalized spacial score (nSPS) is 18.2. The Morgan fingerprint density at radius 1 is 1.23 bits per heavy atom. The van der Waals surface area contributed by atoms with Crippen molar-refractivity contribution in [3.8, 4) is 5.75 Å². The van der Waals surface area contributed by atoms with Crippen LogP contribution in [0.5, 0.6) is 5.75 Å². The smallest absolute Gasteiger partial charge is 0.234 e. The van der Waals surface area contributed by atoms with Crippen LogP contribution in [0.1, 0.15) is 24.6 Å². The maximum Gasteiger partial charge on any atom is 0.234 e. The van der Waals surface area contributed by atoms with Crippen molar-refractivity contribution in [3.05, 3.63) is 46.7 Å². The highest BCUT2D eigenvalue weighted by Gasteiger charge is 2.28. The summed E-state index contributed by atoms with van der Waals surface area (Å²) in [6.07, 6.45) is 0.418. The number of para-hydroxylation sites is 2. The number of anilines is 1. The van der Waals surface area contributed by atoms with E-state index in [9.17, 15) is 14.4 Å². The van der Waals surface area contributed by atoms with Gasteiger partial charge >= 0.3 is 0 Å². The largest absolute Gasteiger partial charge is 0.492 e. The lowest BCUT2D eigenvalue weighted by Crippen LogP contribution is -2.56. The highest BCUT2D eigenvalue weighted by atomic mass is 32.2. The molecule has 1 saturated heterocycles. The Kier molecular flexibility index (Phi) is 8.74. The van der Waals surface area contributed by atoms with Crippen LogP contribution in [0.3, 0.4) is 0 Å². The van der Waals surface area contributed by atoms with Gasteiger partial charge in [0.15, 0.2) is 0 Å². The van der Waals surface area contributed by atoms with Crippen LogP contribution >= 0.6 is 23.1 Å². The number of rotatable bonds is 10. The molecule has 1 aliphatic heterocycles. The zero-order valence-electron chi connectivity index (χ0n) is 17.2. The van der Waals surface area contributed by atoms with E-state index in [1.54, 1.807) is 23.5 Å². The number of thioether (sulfide) groups is 1. The number of thiophene rings is 1. The molecule has 4 N–H and O–H groups in total. The maximum absolute atomic E-state index is 12.4. The summed E-state index contributed by atoms with van der Waals surface area (Å²) in [6, 6.07) is 10.9. The van der Waals surface area contributed by atoms with Crippen LogP contribution in [0, 0.1) is 0 Å². The molecule has 31 heavy (non-hydrogen) atoms. The first kappa shape index (κ1) is 23.1. The second-order valence-corrected chi connectivity index (χ2v) is 8.99. The van der Waals surface area contributed by atoms with Gasteiger partial charge in [0.25, 0.3) is 0 Å². The minimum atomic E-state index is -0.441. The van der Waals surface area contributed by atoms with Crippen LogP contribution in [0.25, 0.3) is 0 Å². The highest BCUT2D eigenvalue weighted by Crippen LogP contribution is 2.24. The van der Waals surface area contributed by atoms with Gasteiger partial charge < -0.3 is 20.7 Å². The van der Waals surface area contributed by atoms with Crippen LogP contribution in [0.15, 0.2) is 41.8 Å². The van der Waals surface area contributed by atoms with Crippen LogP contribution in [-0.2, 0) is 20.9 Å². The van der Waals surface area contributed by atoms with Crippen molar-refractivity contribution < 1.29 is 19.1 Å². The third-order valence-electron chi connectivity index (χ3n) is 4.42. The Morgan fingerprint density at radius 3 is 2.84 bits per heavy atom. The van der Waals surface area contributed by atoms with Crippen molar-refractivity contribution in [1.29, 1.82) is 0 Å². The van der Waals surface area contributed by atoms with Gasteiger partial charge in [-0.2, -0.15) is 0 Å². The van der Waals surface area contributed by atoms with E-state index in [1.807, 2.05) is 36.6 Å². The van der Waals surface area contributed by atoms with Gasteiger partial charge in [-0.05, 0) is 30.5 Å². The van der Waals surface area contributed by atoms with Crippen LogP contribution in [0.4, 0.5) is 5.69 Å². The van der Waals surface area contributed by atoms with Gasteiger partial charge in [-0.25, -0.2) is 0 Å². The van der Waals surface area contributed by atoms with Gasteiger partial charge in [-0.3, -0.25) is 19.7 Å². The predicted molar refractivity (Wildman–Crippen MR) is 123 cm³/mol. The first-order chi connectivity index (χ1) is 15.0. The lowest BCUT2D eigenvalue weighted by Gasteiger charge is -2.30. The first-order valence-corrected chi connectivity index (χ1v) is 11.9. The molecule has 0 radical (unpaired) electrons. The molecule has 2 aromatic rings. The van der Waals surface area contributed by atoms with Gasteiger partial charge in [-0.15, -0.1) is 23.1 Å². The van der Waals surface area contributed by atoms with Crippen LogP contribution < -0.4 is 26.0 Å². The molecule has 0 spiro atoms. The molecule has 1 aromatic carbocycles. The van der Waals surface area contributed by atoms with E-state index < -0.39 is 5.50 Å². The molecule has 2 heterocycles.